The van der Waals surface area contributed by atoms with Crippen molar-refractivity contribution >= 4 is 47.7 Å². The third kappa shape index (κ3) is 9.56. The minimum Gasteiger partial charge on any atom is -0.350 e. The largest absolute Gasteiger partial charge is 0.350 e. The number of nitrogens with one attached hydrogen (secondary N) is 6. The maximum Gasteiger partial charge on any atom is 0.247 e. The van der Waals surface area contributed by atoms with E-state index in [-0.39, 0.29) is 36.2 Å². The molecule has 0 aliphatic carbocycles. The molecule has 0 aromatic heterocycles. The summed E-state index contributed by atoms with van der Waals surface area (Å²) in [7, 11) is 1.67. The molecule has 1 unspecified atom stereocenters. The predicted octanol–water partition coefficient (Wildman–Crippen LogP) is 1.81. The Balaban J connectivity index is 1.20. The molecule has 5 rings (SSSR count). The highest BCUT2D eigenvalue weighted by Gasteiger charge is 2.46. The number of hydrogen-bond donors (Lipinski definition) is 6. The molecule has 0 saturated carbocycles. The van der Waals surface area contributed by atoms with Crippen LogP contribution < -0.4 is 31.9 Å². The van der Waals surface area contributed by atoms with Crippen LogP contribution in [0.2, 0.25) is 0 Å². The SMILES string of the molecule is CN[C@@H](C)C(=O)N[C@H]1CCSC2CC[C@@H](C(=O)N[C@@H](C(=O)NCc3ccc(CNC(=O)[C@@H](NC=O)c4ccccc4)cc3)c3ccccc3)N2C1=O. The molecule has 14 heteroatoms. The Morgan fingerprint density at radius 2 is 1.35 bits per heavy atom. The van der Waals surface area contributed by atoms with Crippen molar-refractivity contribution in [3.63, 3.8) is 0 Å². The lowest BCUT2D eigenvalue weighted by Crippen LogP contribution is -2.56. The van der Waals surface area contributed by atoms with Crippen LogP contribution in [0.1, 0.15) is 60.5 Å². The van der Waals surface area contributed by atoms with Gasteiger partial charge >= 0.3 is 0 Å². The summed E-state index contributed by atoms with van der Waals surface area (Å²) >= 11 is 1.60. The molecular weight excluding hydrogens is 683 g/mol. The minimum atomic E-state index is -1.01. The second kappa shape index (κ2) is 18.3. The van der Waals surface area contributed by atoms with Gasteiger partial charge in [-0.1, -0.05) is 84.9 Å². The van der Waals surface area contributed by atoms with Crippen LogP contribution in [0.4, 0.5) is 0 Å². The van der Waals surface area contributed by atoms with E-state index < -0.39 is 42.0 Å². The van der Waals surface area contributed by atoms with Gasteiger partial charge in [-0.25, -0.2) is 0 Å². The molecule has 2 aliphatic rings. The van der Waals surface area contributed by atoms with E-state index in [9.17, 15) is 28.8 Å². The first kappa shape index (κ1) is 38.0. The Morgan fingerprint density at radius 1 is 0.788 bits per heavy atom. The molecule has 274 valence electrons. The molecule has 3 aromatic rings. The first-order chi connectivity index (χ1) is 25.2. The Hall–Kier alpha value is -5.21. The average molecular weight is 728 g/mol. The molecular formula is C38H45N7O6S. The van der Waals surface area contributed by atoms with Crippen LogP contribution >= 0.6 is 11.8 Å². The molecule has 3 aromatic carbocycles. The number of likely N-dealkylation sites (N-methyl/N-ethyl adjacent to an activating group) is 1. The molecule has 6 atom stereocenters. The fourth-order valence-electron chi connectivity index (χ4n) is 6.26. The number of thioether (sulfide) groups is 1. The normalized spacial score (nSPS) is 19.9. The standard InChI is InChI=1S/C38H45N7O6S/c1-24(39-2)34(47)43-29-19-20-52-31-18-17-30(45(31)38(29)51)35(48)44-33(28-11-7-4-8-12-28)37(50)41-22-26-15-13-25(14-16-26)21-40-36(49)32(42-23-46)27-9-5-3-6-10-27/h3-16,23-24,29-33,39H,17-22H2,1-2H3,(H,40,49)(H,41,50)(H,42,46)(H,43,47)(H,44,48)/t24-,29-,30-,31?,32-,33+/m0/s1. The van der Waals surface area contributed by atoms with Gasteiger partial charge in [0.1, 0.15) is 24.2 Å². The van der Waals surface area contributed by atoms with Gasteiger partial charge in [0.25, 0.3) is 0 Å². The van der Waals surface area contributed by atoms with Crippen LogP contribution in [0.5, 0.6) is 0 Å². The van der Waals surface area contributed by atoms with Crippen molar-refractivity contribution < 1.29 is 28.8 Å². The quantitative estimate of drug-likeness (QED) is 0.129. The van der Waals surface area contributed by atoms with Crippen molar-refractivity contribution in [1.82, 2.24) is 36.8 Å². The van der Waals surface area contributed by atoms with E-state index in [4.69, 9.17) is 0 Å². The van der Waals surface area contributed by atoms with Crippen LogP contribution in [-0.2, 0) is 41.9 Å². The molecule has 0 spiro atoms. The highest BCUT2D eigenvalue weighted by molar-refractivity contribution is 7.99. The van der Waals surface area contributed by atoms with Gasteiger partial charge in [-0.3, -0.25) is 28.8 Å². The first-order valence-corrected chi connectivity index (χ1v) is 18.4. The molecule has 52 heavy (non-hydrogen) atoms. The van der Waals surface area contributed by atoms with E-state index in [2.05, 4.69) is 31.9 Å². The van der Waals surface area contributed by atoms with E-state index in [1.165, 1.54) is 0 Å². The second-order valence-corrected chi connectivity index (χ2v) is 14.0. The number of amides is 6. The number of carbonyl (C=O) groups excluding carboxylic acids is 6. The van der Waals surface area contributed by atoms with Crippen molar-refractivity contribution in [2.24, 2.45) is 0 Å². The van der Waals surface area contributed by atoms with Crippen LogP contribution in [0.15, 0.2) is 84.9 Å². The highest BCUT2D eigenvalue weighted by atomic mass is 32.2. The average Bonchev–Trinajstić information content (AvgIpc) is 3.54. The van der Waals surface area contributed by atoms with Gasteiger partial charge in [0.15, 0.2) is 0 Å². The lowest BCUT2D eigenvalue weighted by atomic mass is 10.0. The topological polar surface area (TPSA) is 178 Å². The van der Waals surface area contributed by atoms with Crippen molar-refractivity contribution in [2.45, 2.75) is 74.9 Å². The summed E-state index contributed by atoms with van der Waals surface area (Å²) in [6.45, 7) is 2.13. The number of fused-ring (bicyclic) bond motifs is 1. The van der Waals surface area contributed by atoms with E-state index in [0.29, 0.717) is 42.6 Å². The third-order valence-corrected chi connectivity index (χ3v) is 10.6. The number of nitrogens with zero attached hydrogens (tertiary/aromatic N) is 1. The Morgan fingerprint density at radius 3 is 1.90 bits per heavy atom. The fourth-order valence-corrected chi connectivity index (χ4v) is 7.62. The van der Waals surface area contributed by atoms with Crippen LogP contribution in [-0.4, -0.2) is 77.1 Å². The number of rotatable bonds is 15. The summed E-state index contributed by atoms with van der Waals surface area (Å²) in [5.74, 6) is -1.10. The molecule has 13 nitrogen and oxygen atoms in total. The zero-order valence-electron chi connectivity index (χ0n) is 29.2. The maximum atomic E-state index is 13.9. The Bertz CT molecular complexity index is 1710. The van der Waals surface area contributed by atoms with Crippen molar-refractivity contribution in [3.8, 4) is 0 Å². The molecule has 2 saturated heterocycles. The summed E-state index contributed by atoms with van der Waals surface area (Å²) in [4.78, 5) is 79.4. The van der Waals surface area contributed by atoms with E-state index in [0.717, 1.165) is 11.1 Å². The third-order valence-electron chi connectivity index (χ3n) is 9.32. The summed E-state index contributed by atoms with van der Waals surface area (Å²) in [5.41, 5.74) is 2.89. The van der Waals surface area contributed by atoms with Gasteiger partial charge in [0.2, 0.25) is 35.9 Å². The summed E-state index contributed by atoms with van der Waals surface area (Å²) in [6, 6.07) is 21.4. The number of benzene rings is 3. The van der Waals surface area contributed by atoms with Crippen LogP contribution in [0.3, 0.4) is 0 Å². The van der Waals surface area contributed by atoms with Crippen molar-refractivity contribution in [2.75, 3.05) is 12.8 Å². The van der Waals surface area contributed by atoms with Crippen molar-refractivity contribution in [3.05, 3.63) is 107 Å². The summed E-state index contributed by atoms with van der Waals surface area (Å²) in [6.07, 6.45) is 2.04. The Labute approximate surface area is 307 Å². The van der Waals surface area contributed by atoms with Gasteiger partial charge in [0.05, 0.1) is 11.4 Å². The smallest absolute Gasteiger partial charge is 0.247 e. The number of hydrogen-bond acceptors (Lipinski definition) is 8. The summed E-state index contributed by atoms with van der Waals surface area (Å²) in [5, 5.41) is 16.8. The van der Waals surface area contributed by atoms with E-state index in [1.807, 2.05) is 36.4 Å². The molecule has 2 fully saturated rings. The summed E-state index contributed by atoms with van der Waals surface area (Å²) < 4.78 is 0. The van der Waals surface area contributed by atoms with E-state index in [1.54, 1.807) is 79.2 Å². The molecule has 6 N–H and O–H groups in total. The maximum absolute atomic E-state index is 13.9. The lowest BCUT2D eigenvalue weighted by Gasteiger charge is -2.31. The van der Waals surface area contributed by atoms with E-state index >= 15 is 0 Å². The Kier molecular flexibility index (Phi) is 13.4. The van der Waals surface area contributed by atoms with Gasteiger partial charge in [-0.2, -0.15) is 0 Å². The molecule has 0 bridgehead atoms. The van der Waals surface area contributed by atoms with Gasteiger partial charge in [0, 0.05) is 13.1 Å². The van der Waals surface area contributed by atoms with Crippen LogP contribution in [0.25, 0.3) is 0 Å². The zero-order chi connectivity index (χ0) is 37.0. The molecule has 2 heterocycles. The molecule has 2 aliphatic heterocycles. The fraction of sp³-hybridized carbons (Fsp3) is 0.368. The first-order valence-electron chi connectivity index (χ1n) is 17.3. The van der Waals surface area contributed by atoms with Gasteiger partial charge in [-0.15, -0.1) is 11.8 Å². The van der Waals surface area contributed by atoms with Gasteiger partial charge in [-0.05, 0) is 61.2 Å². The lowest BCUT2D eigenvalue weighted by molar-refractivity contribution is -0.142. The molecule has 6 amide bonds. The molecule has 0 radical (unpaired) electrons. The second-order valence-electron chi connectivity index (χ2n) is 12.8. The van der Waals surface area contributed by atoms with Gasteiger partial charge < -0.3 is 36.8 Å². The minimum absolute atomic E-state index is 0.184. The number of carbonyl (C=O) groups is 6. The predicted molar refractivity (Wildman–Crippen MR) is 197 cm³/mol. The van der Waals surface area contributed by atoms with Crippen LogP contribution in [0, 0.1) is 0 Å². The zero-order valence-corrected chi connectivity index (χ0v) is 30.0. The van der Waals surface area contributed by atoms with Crippen molar-refractivity contribution in [1.29, 1.82) is 0 Å². The highest BCUT2D eigenvalue weighted by Crippen LogP contribution is 2.36. The monoisotopic (exact) mass is 727 g/mol.